The Morgan fingerprint density at radius 3 is 2.67 bits per heavy atom. The first-order valence-electron chi connectivity index (χ1n) is 5.45. The normalized spacial score (nSPS) is 11.2. The third kappa shape index (κ3) is 3.43. The number of hydrogen-bond donors (Lipinski definition) is 0. The van der Waals surface area contributed by atoms with Crippen molar-refractivity contribution in [1.29, 1.82) is 0 Å². The van der Waals surface area contributed by atoms with E-state index in [4.69, 9.17) is 11.6 Å². The zero-order chi connectivity index (χ0) is 13.3. The molecule has 0 unspecified atom stereocenters. The van der Waals surface area contributed by atoms with E-state index >= 15 is 0 Å². The first-order valence-corrected chi connectivity index (χ1v) is 8.51. The fraction of sp³-hybridized carbons (Fsp3) is 0.333. The lowest BCUT2D eigenvalue weighted by molar-refractivity contribution is 0.632. The second-order valence-corrected chi connectivity index (χ2v) is 8.20. The van der Waals surface area contributed by atoms with Gasteiger partial charge in [-0.3, -0.25) is 0 Å². The summed E-state index contributed by atoms with van der Waals surface area (Å²) in [4.78, 5) is 10.0. The maximum absolute atomic E-state index is 6.19. The van der Waals surface area contributed by atoms with Gasteiger partial charge in [-0.05, 0) is 63.0 Å². The van der Waals surface area contributed by atoms with Crippen LogP contribution in [0.3, 0.4) is 0 Å². The highest BCUT2D eigenvalue weighted by atomic mass is 127. The van der Waals surface area contributed by atoms with Gasteiger partial charge in [-0.15, -0.1) is 11.3 Å². The summed E-state index contributed by atoms with van der Waals surface area (Å²) < 4.78 is 2.03. The van der Waals surface area contributed by atoms with E-state index in [-0.39, 0.29) is 0 Å². The van der Waals surface area contributed by atoms with Gasteiger partial charge in [0.05, 0.1) is 17.9 Å². The Morgan fingerprint density at radius 1 is 1.39 bits per heavy atom. The Labute approximate surface area is 137 Å². The minimum absolute atomic E-state index is 0.542. The summed E-state index contributed by atoms with van der Waals surface area (Å²) in [5.74, 6) is 1.26. The fourth-order valence-electron chi connectivity index (χ4n) is 1.53. The van der Waals surface area contributed by atoms with Crippen LogP contribution in [0.5, 0.6) is 0 Å². The third-order valence-corrected chi connectivity index (χ3v) is 5.62. The quantitative estimate of drug-likeness (QED) is 0.454. The highest BCUT2D eigenvalue weighted by Crippen LogP contribution is 2.31. The van der Waals surface area contributed by atoms with E-state index in [2.05, 4.69) is 62.3 Å². The molecule has 0 radical (unpaired) electrons. The highest BCUT2D eigenvalue weighted by molar-refractivity contribution is 14.1. The lowest BCUT2D eigenvalue weighted by Gasteiger charge is -2.09. The van der Waals surface area contributed by atoms with E-state index in [0.717, 1.165) is 24.3 Å². The molecular weight excluding hydrogens is 446 g/mol. The Bertz CT molecular complexity index is 571. The molecule has 2 aromatic rings. The van der Waals surface area contributed by atoms with Crippen LogP contribution < -0.4 is 0 Å². The molecule has 0 saturated heterocycles. The molecule has 0 aromatic carbocycles. The molecule has 2 nitrogen and oxygen atoms in total. The molecule has 2 rings (SSSR count). The van der Waals surface area contributed by atoms with Gasteiger partial charge in [0.2, 0.25) is 0 Å². The average Bonchev–Trinajstić information content (AvgIpc) is 2.70. The van der Waals surface area contributed by atoms with Crippen LogP contribution in [0.4, 0.5) is 0 Å². The van der Waals surface area contributed by atoms with Crippen LogP contribution in [0.15, 0.2) is 15.9 Å². The summed E-state index contributed by atoms with van der Waals surface area (Å²) >= 11 is 13.5. The van der Waals surface area contributed by atoms with Gasteiger partial charge in [-0.1, -0.05) is 25.4 Å². The summed E-state index contributed by atoms with van der Waals surface area (Å²) in [5, 5.41) is 0.542. The summed E-state index contributed by atoms with van der Waals surface area (Å²) in [6, 6.07) is 4.00. The number of hydrogen-bond acceptors (Lipinski definition) is 3. The van der Waals surface area contributed by atoms with Crippen LogP contribution >= 0.6 is 61.5 Å². The minimum Gasteiger partial charge on any atom is -0.231 e. The van der Waals surface area contributed by atoms with Crippen LogP contribution in [-0.2, 0) is 6.42 Å². The van der Waals surface area contributed by atoms with Crippen molar-refractivity contribution >= 4 is 61.5 Å². The summed E-state index contributed by atoms with van der Waals surface area (Å²) in [6.45, 7) is 4.35. The Hall–Kier alpha value is 0.280. The van der Waals surface area contributed by atoms with Gasteiger partial charge in [0.25, 0.3) is 0 Å². The molecule has 96 valence electrons. The zero-order valence-corrected chi connectivity index (χ0v) is 15.2. The second-order valence-electron chi connectivity index (χ2n) is 4.30. The van der Waals surface area contributed by atoms with E-state index in [0.29, 0.717) is 16.9 Å². The smallest absolute Gasteiger partial charge is 0.171 e. The van der Waals surface area contributed by atoms with E-state index in [1.165, 1.54) is 0 Å². The van der Waals surface area contributed by atoms with E-state index in [1.807, 2.05) is 12.1 Å². The molecule has 0 spiro atoms. The molecule has 0 saturated carbocycles. The molecule has 0 amide bonds. The largest absolute Gasteiger partial charge is 0.231 e. The first kappa shape index (κ1) is 14.7. The van der Waals surface area contributed by atoms with Crippen LogP contribution in [0.2, 0.25) is 5.15 Å². The van der Waals surface area contributed by atoms with Crippen molar-refractivity contribution in [2.45, 2.75) is 20.3 Å². The molecule has 0 aliphatic carbocycles. The van der Waals surface area contributed by atoms with Gasteiger partial charge in [0.15, 0.2) is 5.82 Å². The summed E-state index contributed by atoms with van der Waals surface area (Å²) in [7, 11) is 0. The predicted octanol–water partition coefficient (Wildman–Crippen LogP) is 5.42. The molecule has 2 aromatic heterocycles. The fourth-order valence-corrected chi connectivity index (χ4v) is 3.50. The molecule has 6 heteroatoms. The second kappa shape index (κ2) is 6.15. The lowest BCUT2D eigenvalue weighted by Crippen LogP contribution is -2.04. The standard InChI is InChI=1S/C12H11BrClIN2S/c1-6(2)5-7-10(15)11(14)17-12(16-7)8-3-4-9(13)18-8/h3-4,6H,5H2,1-2H3. The number of aromatic nitrogens is 2. The topological polar surface area (TPSA) is 25.8 Å². The maximum Gasteiger partial charge on any atom is 0.171 e. The van der Waals surface area contributed by atoms with Gasteiger partial charge in [-0.2, -0.15) is 0 Å². The minimum atomic E-state index is 0.542. The van der Waals surface area contributed by atoms with Crippen molar-refractivity contribution in [2.75, 3.05) is 0 Å². The highest BCUT2D eigenvalue weighted by Gasteiger charge is 2.14. The molecule has 18 heavy (non-hydrogen) atoms. The Kier molecular flexibility index (Phi) is 5.02. The van der Waals surface area contributed by atoms with E-state index in [9.17, 15) is 0 Å². The van der Waals surface area contributed by atoms with E-state index in [1.54, 1.807) is 11.3 Å². The van der Waals surface area contributed by atoms with Crippen LogP contribution in [0.25, 0.3) is 10.7 Å². The van der Waals surface area contributed by atoms with E-state index < -0.39 is 0 Å². The SMILES string of the molecule is CC(C)Cc1nc(-c2ccc(Br)s2)nc(Cl)c1I. The molecule has 0 atom stereocenters. The van der Waals surface area contributed by atoms with Crippen molar-refractivity contribution in [3.8, 4) is 10.7 Å². The Balaban J connectivity index is 2.46. The molecule has 0 N–H and O–H groups in total. The van der Waals surface area contributed by atoms with Crippen molar-refractivity contribution in [3.63, 3.8) is 0 Å². The molecule has 0 bridgehead atoms. The van der Waals surface area contributed by atoms with Crippen molar-refractivity contribution < 1.29 is 0 Å². The van der Waals surface area contributed by atoms with Crippen molar-refractivity contribution in [3.05, 3.63) is 30.3 Å². The monoisotopic (exact) mass is 456 g/mol. The number of halogens is 3. The molecule has 0 aliphatic rings. The van der Waals surface area contributed by atoms with Gasteiger partial charge >= 0.3 is 0 Å². The van der Waals surface area contributed by atoms with Gasteiger partial charge in [0.1, 0.15) is 5.15 Å². The number of nitrogens with zero attached hydrogens (tertiary/aromatic N) is 2. The van der Waals surface area contributed by atoms with Crippen LogP contribution in [-0.4, -0.2) is 9.97 Å². The third-order valence-electron chi connectivity index (χ3n) is 2.27. The number of rotatable bonds is 3. The van der Waals surface area contributed by atoms with Gasteiger partial charge < -0.3 is 0 Å². The zero-order valence-electron chi connectivity index (χ0n) is 9.88. The Morgan fingerprint density at radius 2 is 2.11 bits per heavy atom. The maximum atomic E-state index is 6.19. The number of thiophene rings is 1. The molecule has 2 heterocycles. The van der Waals surface area contributed by atoms with Crippen molar-refractivity contribution in [1.82, 2.24) is 9.97 Å². The van der Waals surface area contributed by atoms with Gasteiger partial charge in [-0.25, -0.2) is 9.97 Å². The summed E-state index contributed by atoms with van der Waals surface area (Å²) in [6.07, 6.45) is 0.917. The lowest BCUT2D eigenvalue weighted by atomic mass is 10.1. The van der Waals surface area contributed by atoms with Crippen LogP contribution in [0, 0.1) is 9.49 Å². The predicted molar refractivity (Wildman–Crippen MR) is 89.3 cm³/mol. The summed E-state index contributed by atoms with van der Waals surface area (Å²) in [5.41, 5.74) is 1.03. The average molecular weight is 458 g/mol. The molecule has 0 aliphatic heterocycles. The van der Waals surface area contributed by atoms with Gasteiger partial charge in [0, 0.05) is 0 Å². The first-order chi connectivity index (χ1) is 8.47. The van der Waals surface area contributed by atoms with Crippen LogP contribution in [0.1, 0.15) is 19.5 Å². The molecule has 0 fully saturated rings. The molecular formula is C12H11BrClIN2S. The van der Waals surface area contributed by atoms with Crippen molar-refractivity contribution in [2.24, 2.45) is 5.92 Å².